The van der Waals surface area contributed by atoms with Crippen molar-refractivity contribution in [2.45, 2.75) is 49.5 Å². The molecule has 8 heteroatoms. The lowest BCUT2D eigenvalue weighted by Crippen LogP contribution is -2.56. The maximum Gasteiger partial charge on any atom is 0.225 e. The van der Waals surface area contributed by atoms with Crippen LogP contribution in [0.1, 0.15) is 31.2 Å². The molecule has 0 amide bonds. The van der Waals surface area contributed by atoms with Crippen LogP contribution < -0.4 is 15.1 Å². The van der Waals surface area contributed by atoms with Gasteiger partial charge in [0.25, 0.3) is 0 Å². The monoisotopic (exact) mass is 452 g/mol. The molecule has 2 aromatic rings. The van der Waals surface area contributed by atoms with Gasteiger partial charge in [0.2, 0.25) is 5.95 Å². The van der Waals surface area contributed by atoms with Crippen LogP contribution in [0.4, 0.5) is 11.6 Å². The molecule has 5 rings (SSSR count). The van der Waals surface area contributed by atoms with E-state index in [1.807, 2.05) is 17.3 Å². The van der Waals surface area contributed by atoms with E-state index < -0.39 is 6.35 Å². The van der Waals surface area contributed by atoms with E-state index in [4.69, 9.17) is 4.74 Å². The summed E-state index contributed by atoms with van der Waals surface area (Å²) in [6.07, 6.45) is 8.25. The third-order valence-corrected chi connectivity index (χ3v) is 7.92. The third kappa shape index (κ3) is 4.57. The maximum absolute atomic E-state index is 10.9. The second-order valence-electron chi connectivity index (χ2n) is 10.0. The van der Waals surface area contributed by atoms with E-state index in [1.165, 1.54) is 5.56 Å². The number of aliphatic hydroxyl groups is 1. The molecular formula is C25H36N6O2. The van der Waals surface area contributed by atoms with E-state index in [9.17, 15) is 5.11 Å². The van der Waals surface area contributed by atoms with Crippen molar-refractivity contribution in [3.8, 4) is 0 Å². The summed E-state index contributed by atoms with van der Waals surface area (Å²) in [4.78, 5) is 15.7. The number of likely N-dealkylation sites (N-methyl/N-ethyl adjacent to an activating group) is 1. The second kappa shape index (κ2) is 9.18. The third-order valence-electron chi connectivity index (χ3n) is 7.92. The molecule has 2 N–H and O–H groups in total. The number of hydrogen-bond acceptors (Lipinski definition) is 8. The molecule has 1 unspecified atom stereocenters. The van der Waals surface area contributed by atoms with Crippen LogP contribution in [0.25, 0.3) is 0 Å². The van der Waals surface area contributed by atoms with E-state index in [0.717, 1.165) is 63.4 Å². The van der Waals surface area contributed by atoms with Crippen molar-refractivity contribution in [2.75, 3.05) is 56.7 Å². The molecule has 178 valence electrons. The summed E-state index contributed by atoms with van der Waals surface area (Å²) in [7, 11) is 4.41. The van der Waals surface area contributed by atoms with Crippen molar-refractivity contribution in [2.24, 2.45) is 0 Å². The number of ether oxygens (including phenoxy) is 1. The Labute approximate surface area is 196 Å². The summed E-state index contributed by atoms with van der Waals surface area (Å²) in [5.74, 6) is 0.729. The second-order valence-corrected chi connectivity index (χ2v) is 10.0. The average molecular weight is 453 g/mol. The maximum atomic E-state index is 10.9. The van der Waals surface area contributed by atoms with E-state index >= 15 is 0 Å². The first kappa shape index (κ1) is 22.5. The van der Waals surface area contributed by atoms with Crippen LogP contribution in [-0.4, -0.2) is 84.3 Å². The summed E-state index contributed by atoms with van der Waals surface area (Å²) < 4.78 is 5.42. The Morgan fingerprint density at radius 2 is 1.73 bits per heavy atom. The van der Waals surface area contributed by atoms with Gasteiger partial charge < -0.3 is 24.5 Å². The molecule has 1 aliphatic carbocycles. The fourth-order valence-corrected chi connectivity index (χ4v) is 5.69. The lowest BCUT2D eigenvalue weighted by Gasteiger charge is -2.48. The number of aliphatic hydroxyl groups excluding tert-OH is 1. The predicted octanol–water partition coefficient (Wildman–Crippen LogP) is 1.85. The number of morpholine rings is 1. The molecule has 8 nitrogen and oxygen atoms in total. The quantitative estimate of drug-likeness (QED) is 0.712. The van der Waals surface area contributed by atoms with Gasteiger partial charge in [-0.3, -0.25) is 5.32 Å². The highest BCUT2D eigenvalue weighted by atomic mass is 16.5. The zero-order chi connectivity index (χ0) is 22.9. The van der Waals surface area contributed by atoms with Crippen LogP contribution in [0.15, 0.2) is 42.7 Å². The van der Waals surface area contributed by atoms with Crippen molar-refractivity contribution < 1.29 is 9.84 Å². The van der Waals surface area contributed by atoms with Crippen LogP contribution in [0.2, 0.25) is 0 Å². The number of rotatable bonds is 5. The molecule has 1 saturated carbocycles. The largest absolute Gasteiger partial charge is 0.378 e. The minimum Gasteiger partial charge on any atom is -0.378 e. The topological polar surface area (TPSA) is 77.0 Å². The Balaban J connectivity index is 1.26. The van der Waals surface area contributed by atoms with Gasteiger partial charge in [-0.2, -0.15) is 0 Å². The zero-order valence-electron chi connectivity index (χ0n) is 19.8. The van der Waals surface area contributed by atoms with E-state index in [0.29, 0.717) is 13.2 Å². The number of hydrogen-bond donors (Lipinski definition) is 2. The minimum atomic E-state index is -0.719. The average Bonchev–Trinajstić information content (AvgIpc) is 3.18. The van der Waals surface area contributed by atoms with Gasteiger partial charge in [-0.25, -0.2) is 9.97 Å². The SMILES string of the molecule is CN(C)[C@]1(Cc2ccccc2)CC[C@@]2(CC1)CN(c1cnc(N3CCOCC3)nc1)C(O)N2. The van der Waals surface area contributed by atoms with Gasteiger partial charge >= 0.3 is 0 Å². The number of nitrogens with zero attached hydrogens (tertiary/aromatic N) is 5. The number of nitrogens with one attached hydrogen (secondary N) is 1. The van der Waals surface area contributed by atoms with Crippen LogP contribution in [0.5, 0.6) is 0 Å². The summed E-state index contributed by atoms with van der Waals surface area (Å²) in [5.41, 5.74) is 2.31. The number of anilines is 2. The van der Waals surface area contributed by atoms with Crippen LogP contribution in [-0.2, 0) is 11.2 Å². The van der Waals surface area contributed by atoms with Gasteiger partial charge in [0.15, 0.2) is 6.35 Å². The Morgan fingerprint density at radius 3 is 2.36 bits per heavy atom. The number of aromatic nitrogens is 2. The van der Waals surface area contributed by atoms with E-state index in [-0.39, 0.29) is 11.1 Å². The molecule has 2 aliphatic heterocycles. The van der Waals surface area contributed by atoms with Gasteiger partial charge in [0.05, 0.1) is 31.3 Å². The summed E-state index contributed by atoms with van der Waals surface area (Å²) in [6.45, 7) is 3.81. The van der Waals surface area contributed by atoms with Gasteiger partial charge in [0, 0.05) is 30.7 Å². The summed E-state index contributed by atoms with van der Waals surface area (Å²) in [6, 6.07) is 10.8. The van der Waals surface area contributed by atoms with Crippen LogP contribution >= 0.6 is 0 Å². The summed E-state index contributed by atoms with van der Waals surface area (Å²) in [5, 5.41) is 14.4. The highest BCUT2D eigenvalue weighted by Gasteiger charge is 2.49. The molecule has 1 spiro atoms. The molecule has 0 bridgehead atoms. The smallest absolute Gasteiger partial charge is 0.225 e. The van der Waals surface area contributed by atoms with E-state index in [2.05, 4.69) is 69.5 Å². The fraction of sp³-hybridized carbons (Fsp3) is 0.600. The van der Waals surface area contributed by atoms with E-state index in [1.54, 1.807) is 0 Å². The Bertz CT molecular complexity index is 908. The van der Waals surface area contributed by atoms with Crippen molar-refractivity contribution in [1.82, 2.24) is 20.2 Å². The Morgan fingerprint density at radius 1 is 1.06 bits per heavy atom. The first-order chi connectivity index (χ1) is 16.0. The molecular weight excluding hydrogens is 416 g/mol. The van der Waals surface area contributed by atoms with Crippen molar-refractivity contribution in [3.05, 3.63) is 48.3 Å². The molecule has 3 aliphatic rings. The number of benzene rings is 1. The van der Waals surface area contributed by atoms with Gasteiger partial charge in [-0.15, -0.1) is 0 Å². The van der Waals surface area contributed by atoms with Gasteiger partial charge in [-0.05, 0) is 51.8 Å². The molecule has 2 saturated heterocycles. The lowest BCUT2D eigenvalue weighted by molar-refractivity contribution is 0.0535. The van der Waals surface area contributed by atoms with Crippen molar-refractivity contribution in [3.63, 3.8) is 0 Å². The molecule has 1 atom stereocenters. The Hall–Kier alpha value is -2.26. The van der Waals surface area contributed by atoms with Crippen molar-refractivity contribution >= 4 is 11.6 Å². The highest BCUT2D eigenvalue weighted by Crippen LogP contribution is 2.43. The van der Waals surface area contributed by atoms with Crippen molar-refractivity contribution in [1.29, 1.82) is 0 Å². The standard InChI is InChI=1S/C25H36N6O2/c1-29(2)25(16-20-6-4-3-5-7-20)10-8-24(9-11-25)19-31(23(32)28-24)21-17-26-22(27-18-21)30-12-14-33-15-13-30/h3-7,17-18,23,28,32H,8-16,19H2,1-2H3/t23?,24-,25-. The summed E-state index contributed by atoms with van der Waals surface area (Å²) >= 11 is 0. The molecule has 1 aromatic heterocycles. The molecule has 3 fully saturated rings. The van der Waals surface area contributed by atoms with Gasteiger partial charge in [-0.1, -0.05) is 30.3 Å². The molecule has 3 heterocycles. The van der Waals surface area contributed by atoms with Crippen LogP contribution in [0, 0.1) is 0 Å². The zero-order valence-corrected chi connectivity index (χ0v) is 19.8. The molecule has 0 radical (unpaired) electrons. The fourth-order valence-electron chi connectivity index (χ4n) is 5.69. The first-order valence-electron chi connectivity index (χ1n) is 12.1. The highest BCUT2D eigenvalue weighted by molar-refractivity contribution is 5.48. The molecule has 33 heavy (non-hydrogen) atoms. The predicted molar refractivity (Wildman–Crippen MR) is 129 cm³/mol. The first-order valence-corrected chi connectivity index (χ1v) is 12.1. The lowest BCUT2D eigenvalue weighted by atomic mass is 9.69. The Kier molecular flexibility index (Phi) is 6.26. The minimum absolute atomic E-state index is 0.0848. The van der Waals surface area contributed by atoms with Crippen LogP contribution in [0.3, 0.4) is 0 Å². The van der Waals surface area contributed by atoms with Gasteiger partial charge in [0.1, 0.15) is 0 Å². The normalized spacial score (nSPS) is 30.4. The molecule has 1 aromatic carbocycles.